The van der Waals surface area contributed by atoms with Crippen molar-refractivity contribution >= 4 is 5.82 Å². The van der Waals surface area contributed by atoms with Crippen molar-refractivity contribution in [2.24, 2.45) is 0 Å². The molecule has 0 amide bonds. The average Bonchev–Trinajstić information content (AvgIpc) is 2.62. The lowest BCUT2D eigenvalue weighted by atomic mass is 9.94. The molecule has 0 radical (unpaired) electrons. The maximum Gasteiger partial charge on any atom is 0.351 e. The zero-order valence-corrected chi connectivity index (χ0v) is 10.1. The highest BCUT2D eigenvalue weighted by atomic mass is 19.2. The molecule has 10 heteroatoms. The van der Waals surface area contributed by atoms with E-state index in [2.05, 4.69) is 9.72 Å². The van der Waals surface area contributed by atoms with E-state index in [-0.39, 0.29) is 5.82 Å². The number of hydrogen-bond donors (Lipinski definition) is 4. The molecule has 2 rings (SSSR count). The first-order chi connectivity index (χ1) is 9.28. The van der Waals surface area contributed by atoms with Gasteiger partial charge in [0.15, 0.2) is 17.9 Å². The van der Waals surface area contributed by atoms with Crippen molar-refractivity contribution in [1.29, 1.82) is 0 Å². The minimum absolute atomic E-state index is 0.137. The Hall–Kier alpha value is -1.62. The number of hydrogen-bond acceptors (Lipinski definition) is 7. The fraction of sp³-hybridized carbons (Fsp3) is 0.600. The minimum atomic E-state index is -3.10. The molecule has 1 aliphatic rings. The van der Waals surface area contributed by atoms with Crippen LogP contribution in [0.4, 0.5) is 14.6 Å². The van der Waals surface area contributed by atoms with Gasteiger partial charge in [0.05, 0.1) is 0 Å². The monoisotopic (exact) mass is 293 g/mol. The number of anilines is 1. The molecule has 0 bridgehead atoms. The molecule has 20 heavy (non-hydrogen) atoms. The van der Waals surface area contributed by atoms with E-state index in [1.165, 1.54) is 0 Å². The van der Waals surface area contributed by atoms with Gasteiger partial charge in [0, 0.05) is 6.20 Å². The minimum Gasteiger partial charge on any atom is -0.390 e. The molecule has 2 heterocycles. The number of nitrogens with zero attached hydrogens (tertiary/aromatic N) is 2. The van der Waals surface area contributed by atoms with E-state index in [0.717, 1.165) is 12.3 Å². The number of aliphatic hydroxyl groups is 3. The molecule has 1 fully saturated rings. The largest absolute Gasteiger partial charge is 0.390 e. The molecule has 1 aromatic rings. The van der Waals surface area contributed by atoms with E-state index >= 15 is 0 Å². The van der Waals surface area contributed by atoms with Crippen LogP contribution in [0.1, 0.15) is 6.23 Å². The molecule has 1 saturated heterocycles. The lowest BCUT2D eigenvalue weighted by Crippen LogP contribution is -2.53. The molecule has 5 N–H and O–H groups in total. The summed E-state index contributed by atoms with van der Waals surface area (Å²) in [6.07, 6.45) is -3.29. The molecule has 4 atom stereocenters. The summed E-state index contributed by atoms with van der Waals surface area (Å²) in [5.74, 6) is -3.24. The first-order valence-electron chi connectivity index (χ1n) is 5.57. The van der Waals surface area contributed by atoms with Gasteiger partial charge in [0.2, 0.25) is 0 Å². The number of halogens is 2. The molecular formula is C10H13F2N3O5. The van der Waals surface area contributed by atoms with Crippen LogP contribution in [0.2, 0.25) is 0 Å². The molecule has 1 aromatic heterocycles. The lowest BCUT2D eigenvalue weighted by molar-refractivity contribution is -0.207. The third-order valence-corrected chi connectivity index (χ3v) is 3.15. The number of aliphatic hydroxyl groups excluding tert-OH is 2. The summed E-state index contributed by atoms with van der Waals surface area (Å²) in [5.41, 5.74) is 1.49. The zero-order chi connectivity index (χ0) is 15.1. The highest BCUT2D eigenvalue weighted by Gasteiger charge is 2.65. The van der Waals surface area contributed by atoms with Gasteiger partial charge < -0.3 is 25.8 Å². The van der Waals surface area contributed by atoms with Crippen LogP contribution < -0.4 is 11.4 Å². The van der Waals surface area contributed by atoms with Gasteiger partial charge in [-0.3, -0.25) is 4.57 Å². The van der Waals surface area contributed by atoms with Crippen LogP contribution in [0.3, 0.4) is 0 Å². The Balaban J connectivity index is 2.52. The highest BCUT2D eigenvalue weighted by molar-refractivity contribution is 5.24. The van der Waals surface area contributed by atoms with Crippen molar-refractivity contribution in [3.63, 3.8) is 0 Å². The number of ether oxygens (including phenoxy) is 1. The number of nitrogen functional groups attached to an aromatic ring is 1. The third kappa shape index (κ3) is 1.97. The average molecular weight is 293 g/mol. The van der Waals surface area contributed by atoms with Crippen molar-refractivity contribution in [1.82, 2.24) is 9.55 Å². The van der Waals surface area contributed by atoms with Gasteiger partial charge in [-0.1, -0.05) is 0 Å². The van der Waals surface area contributed by atoms with E-state index in [0.29, 0.717) is 4.57 Å². The molecule has 8 nitrogen and oxygen atoms in total. The van der Waals surface area contributed by atoms with Gasteiger partial charge in [-0.05, 0) is 6.07 Å². The lowest BCUT2D eigenvalue weighted by Gasteiger charge is -2.28. The topological polar surface area (TPSA) is 131 Å². The Kier molecular flexibility index (Phi) is 3.50. The summed E-state index contributed by atoms with van der Waals surface area (Å²) in [6, 6.07) is 1.15. The van der Waals surface area contributed by atoms with Gasteiger partial charge in [-0.25, -0.2) is 13.6 Å². The van der Waals surface area contributed by atoms with Crippen LogP contribution in [-0.2, 0) is 4.74 Å². The Morgan fingerprint density at radius 3 is 2.75 bits per heavy atom. The Morgan fingerprint density at radius 1 is 1.60 bits per heavy atom. The van der Waals surface area contributed by atoms with Crippen molar-refractivity contribution in [2.75, 3.05) is 19.0 Å². The van der Waals surface area contributed by atoms with Gasteiger partial charge in [0.25, 0.3) is 5.85 Å². The van der Waals surface area contributed by atoms with E-state index in [1.54, 1.807) is 0 Å². The summed E-state index contributed by atoms with van der Waals surface area (Å²) in [4.78, 5) is 15.0. The van der Waals surface area contributed by atoms with Crippen molar-refractivity contribution in [3.05, 3.63) is 22.7 Å². The van der Waals surface area contributed by atoms with Crippen LogP contribution in [0.15, 0.2) is 17.1 Å². The molecule has 0 spiro atoms. The van der Waals surface area contributed by atoms with Crippen LogP contribution in [0, 0.1) is 0 Å². The standard InChI is InChI=1S/C10H13F2N3O5/c11-3-9(19)6(17)10(12,4-16)20-7(9)15-2-1-5(13)14-8(15)18/h1-2,6-7,16-17,19H,3-4H2,(H2,13,14,18)/t6-,7+,9+,10+/m0/s1. The highest BCUT2D eigenvalue weighted by Crippen LogP contribution is 2.44. The molecule has 0 saturated carbocycles. The quantitative estimate of drug-likeness (QED) is 0.510. The smallest absolute Gasteiger partial charge is 0.351 e. The van der Waals surface area contributed by atoms with E-state index < -0.39 is 42.8 Å². The molecule has 0 aromatic carbocycles. The molecule has 0 aliphatic carbocycles. The maximum absolute atomic E-state index is 14.1. The van der Waals surface area contributed by atoms with E-state index in [9.17, 15) is 23.8 Å². The molecule has 1 aliphatic heterocycles. The third-order valence-electron chi connectivity index (χ3n) is 3.15. The summed E-state index contributed by atoms with van der Waals surface area (Å²) in [5, 5.41) is 28.5. The van der Waals surface area contributed by atoms with Gasteiger partial charge in [-0.15, -0.1) is 0 Å². The second-order valence-electron chi connectivity index (χ2n) is 4.48. The number of aromatic nitrogens is 2. The molecule has 112 valence electrons. The normalized spacial score (nSPS) is 37.2. The van der Waals surface area contributed by atoms with Gasteiger partial charge in [0.1, 0.15) is 19.1 Å². The summed E-state index contributed by atoms with van der Waals surface area (Å²) in [7, 11) is 0. The van der Waals surface area contributed by atoms with E-state index in [4.69, 9.17) is 10.8 Å². The Bertz CT molecular complexity index is 570. The SMILES string of the molecule is Nc1ccn([C@@H]2O[C@](F)(CO)[C@@H](O)[C@]2(O)CF)c(=O)n1. The predicted molar refractivity (Wildman–Crippen MR) is 60.9 cm³/mol. The Morgan fingerprint density at radius 2 is 2.25 bits per heavy atom. The number of rotatable bonds is 3. The van der Waals surface area contributed by atoms with Crippen LogP contribution in [0.5, 0.6) is 0 Å². The zero-order valence-electron chi connectivity index (χ0n) is 10.1. The fourth-order valence-corrected chi connectivity index (χ4v) is 2.03. The van der Waals surface area contributed by atoms with Crippen LogP contribution >= 0.6 is 0 Å². The Labute approximate surface area is 111 Å². The molecule has 0 unspecified atom stereocenters. The van der Waals surface area contributed by atoms with Crippen molar-refractivity contribution < 1.29 is 28.8 Å². The van der Waals surface area contributed by atoms with Crippen molar-refractivity contribution in [2.45, 2.75) is 23.8 Å². The first kappa shape index (κ1) is 14.8. The number of alkyl halides is 2. The first-order valence-corrected chi connectivity index (χ1v) is 5.57. The molecular weight excluding hydrogens is 280 g/mol. The second-order valence-corrected chi connectivity index (χ2v) is 4.48. The van der Waals surface area contributed by atoms with Crippen molar-refractivity contribution in [3.8, 4) is 0 Å². The van der Waals surface area contributed by atoms with E-state index in [1.807, 2.05) is 0 Å². The van der Waals surface area contributed by atoms with Gasteiger partial charge >= 0.3 is 5.69 Å². The fourth-order valence-electron chi connectivity index (χ4n) is 2.03. The number of nitrogens with two attached hydrogens (primary N) is 1. The summed E-state index contributed by atoms with van der Waals surface area (Å²) < 4.78 is 32.3. The van der Waals surface area contributed by atoms with Crippen LogP contribution in [-0.4, -0.2) is 55.7 Å². The maximum atomic E-state index is 14.1. The second kappa shape index (κ2) is 4.74. The summed E-state index contributed by atoms with van der Waals surface area (Å²) in [6.45, 7) is -2.94. The predicted octanol–water partition coefficient (Wildman–Crippen LogP) is -1.93. The van der Waals surface area contributed by atoms with Gasteiger partial charge in [-0.2, -0.15) is 4.98 Å². The summed E-state index contributed by atoms with van der Waals surface area (Å²) >= 11 is 0. The van der Waals surface area contributed by atoms with Crippen LogP contribution in [0.25, 0.3) is 0 Å².